The zero-order chi connectivity index (χ0) is 21.2. The number of benzene rings is 1. The lowest BCUT2D eigenvalue weighted by Crippen LogP contribution is -2.40. The normalized spacial score (nSPS) is 18.0. The van der Waals surface area contributed by atoms with Crippen molar-refractivity contribution < 1.29 is 22.8 Å². The fraction of sp³-hybridized carbons (Fsp3) is 0.524. The number of hydrogen-bond donors (Lipinski definition) is 0. The third kappa shape index (κ3) is 5.10. The summed E-state index contributed by atoms with van der Waals surface area (Å²) in [4.78, 5) is 28.0. The van der Waals surface area contributed by atoms with Gasteiger partial charge in [-0.2, -0.15) is 13.2 Å². The largest absolute Gasteiger partial charge is 0.406 e. The standard InChI is InChI=1S/C21H25F3N2O2S/c1-14(27)26-11-7-3-4-8-15(26)12-17-16-9-5-6-10-18(16)29-19(17)20(28)25(2)13-21(22,23)24/h5-6,9-10,15H,3-4,7-8,11-13H2,1-2H3/t15-/m1/s1. The number of likely N-dealkylation sites (tertiary alicyclic amines) is 1. The highest BCUT2D eigenvalue weighted by atomic mass is 32.1. The molecule has 2 aromatic rings. The fourth-order valence-corrected chi connectivity index (χ4v) is 5.26. The number of nitrogens with zero attached hydrogens (tertiary/aromatic N) is 2. The molecule has 8 heteroatoms. The predicted octanol–water partition coefficient (Wildman–Crippen LogP) is 4.87. The Hall–Kier alpha value is -2.09. The van der Waals surface area contributed by atoms with E-state index in [1.54, 1.807) is 6.92 Å². The summed E-state index contributed by atoms with van der Waals surface area (Å²) in [5.74, 6) is -0.625. The molecule has 0 saturated carbocycles. The average molecular weight is 427 g/mol. The molecule has 1 aromatic heterocycles. The van der Waals surface area contributed by atoms with Crippen LogP contribution in [0.5, 0.6) is 0 Å². The number of fused-ring (bicyclic) bond motifs is 1. The number of alkyl halides is 3. The number of halogens is 3. The van der Waals surface area contributed by atoms with Gasteiger partial charge in [-0.25, -0.2) is 0 Å². The predicted molar refractivity (Wildman–Crippen MR) is 108 cm³/mol. The molecule has 3 rings (SSSR count). The summed E-state index contributed by atoms with van der Waals surface area (Å²) in [5.41, 5.74) is 0.753. The molecule has 0 spiro atoms. The van der Waals surface area contributed by atoms with Gasteiger partial charge in [0, 0.05) is 31.3 Å². The Kier molecular flexibility index (Phi) is 6.51. The van der Waals surface area contributed by atoms with Crippen LogP contribution in [0.4, 0.5) is 13.2 Å². The second-order valence-corrected chi connectivity index (χ2v) is 8.65. The number of amides is 2. The Morgan fingerprint density at radius 2 is 1.93 bits per heavy atom. The lowest BCUT2D eigenvalue weighted by molar-refractivity contribution is -0.138. The van der Waals surface area contributed by atoms with Crippen molar-refractivity contribution in [2.24, 2.45) is 0 Å². The van der Waals surface area contributed by atoms with Gasteiger partial charge in [0.15, 0.2) is 0 Å². The van der Waals surface area contributed by atoms with E-state index in [1.165, 1.54) is 18.4 Å². The second-order valence-electron chi connectivity index (χ2n) is 7.60. The maximum absolute atomic E-state index is 12.9. The number of thiophene rings is 1. The SMILES string of the molecule is CC(=O)N1CCCCC[C@@H]1Cc1c(C(=O)N(C)CC(F)(F)F)sc2ccccc12. The Morgan fingerprint density at radius 3 is 2.62 bits per heavy atom. The molecule has 1 fully saturated rings. The molecule has 0 N–H and O–H groups in total. The number of hydrogen-bond acceptors (Lipinski definition) is 3. The summed E-state index contributed by atoms with van der Waals surface area (Å²) in [7, 11) is 1.18. The molecule has 0 radical (unpaired) electrons. The van der Waals surface area contributed by atoms with Crippen LogP contribution >= 0.6 is 11.3 Å². The third-order valence-corrected chi connectivity index (χ3v) is 6.58. The molecular weight excluding hydrogens is 401 g/mol. The number of carbonyl (C=O) groups is 2. The van der Waals surface area contributed by atoms with Gasteiger partial charge in [-0.1, -0.05) is 31.0 Å². The van der Waals surface area contributed by atoms with Crippen molar-refractivity contribution in [2.45, 2.75) is 51.2 Å². The van der Waals surface area contributed by atoms with Crippen LogP contribution < -0.4 is 0 Å². The van der Waals surface area contributed by atoms with Gasteiger partial charge >= 0.3 is 6.18 Å². The molecule has 1 aliphatic rings. The van der Waals surface area contributed by atoms with Gasteiger partial charge in [0.2, 0.25) is 5.91 Å². The molecule has 158 valence electrons. The van der Waals surface area contributed by atoms with Crippen LogP contribution in [-0.4, -0.2) is 54.0 Å². The van der Waals surface area contributed by atoms with Crippen molar-refractivity contribution in [3.63, 3.8) is 0 Å². The molecule has 0 unspecified atom stereocenters. The highest BCUT2D eigenvalue weighted by molar-refractivity contribution is 7.21. The first-order valence-electron chi connectivity index (χ1n) is 9.77. The van der Waals surface area contributed by atoms with E-state index in [-0.39, 0.29) is 11.9 Å². The molecular formula is C21H25F3N2O2S. The molecule has 1 aromatic carbocycles. The van der Waals surface area contributed by atoms with E-state index in [4.69, 9.17) is 0 Å². The number of rotatable bonds is 4. The van der Waals surface area contributed by atoms with Crippen LogP contribution in [-0.2, 0) is 11.2 Å². The molecule has 0 aliphatic carbocycles. The van der Waals surface area contributed by atoms with Crippen molar-refractivity contribution in [3.8, 4) is 0 Å². The molecule has 2 heterocycles. The summed E-state index contributed by atoms with van der Waals surface area (Å²) >= 11 is 1.23. The van der Waals surface area contributed by atoms with E-state index < -0.39 is 18.6 Å². The zero-order valence-electron chi connectivity index (χ0n) is 16.6. The summed E-state index contributed by atoms with van der Waals surface area (Å²) < 4.78 is 39.3. The lowest BCUT2D eigenvalue weighted by atomic mass is 9.97. The van der Waals surface area contributed by atoms with Crippen LogP contribution in [0.25, 0.3) is 10.1 Å². The topological polar surface area (TPSA) is 40.6 Å². The van der Waals surface area contributed by atoms with Crippen molar-refractivity contribution in [1.82, 2.24) is 9.80 Å². The van der Waals surface area contributed by atoms with Crippen LogP contribution in [0.15, 0.2) is 24.3 Å². The Bertz CT molecular complexity index is 894. The molecule has 1 atom stereocenters. The van der Waals surface area contributed by atoms with E-state index in [2.05, 4.69) is 0 Å². The van der Waals surface area contributed by atoms with Gasteiger partial charge < -0.3 is 9.80 Å². The maximum Gasteiger partial charge on any atom is 0.406 e. The van der Waals surface area contributed by atoms with Gasteiger partial charge in [-0.15, -0.1) is 11.3 Å². The number of carbonyl (C=O) groups excluding carboxylic acids is 2. The lowest BCUT2D eigenvalue weighted by Gasteiger charge is -2.29. The molecule has 1 saturated heterocycles. The summed E-state index contributed by atoms with van der Waals surface area (Å²) in [5, 5.41) is 0.883. The second kappa shape index (κ2) is 8.73. The van der Waals surface area contributed by atoms with Crippen molar-refractivity contribution in [1.29, 1.82) is 0 Å². The smallest absolute Gasteiger partial charge is 0.340 e. The third-order valence-electron chi connectivity index (χ3n) is 5.38. The van der Waals surface area contributed by atoms with Gasteiger partial charge in [0.1, 0.15) is 6.54 Å². The van der Waals surface area contributed by atoms with Crippen LogP contribution in [0.3, 0.4) is 0 Å². The molecule has 4 nitrogen and oxygen atoms in total. The van der Waals surface area contributed by atoms with Gasteiger partial charge in [0.25, 0.3) is 5.91 Å². The van der Waals surface area contributed by atoms with E-state index in [0.717, 1.165) is 46.2 Å². The minimum absolute atomic E-state index is 0.00139. The van der Waals surface area contributed by atoms with Gasteiger partial charge in [0.05, 0.1) is 4.88 Å². The van der Waals surface area contributed by atoms with Crippen molar-refractivity contribution in [3.05, 3.63) is 34.7 Å². The highest BCUT2D eigenvalue weighted by Crippen LogP contribution is 2.35. The summed E-state index contributed by atoms with van der Waals surface area (Å²) in [6, 6.07) is 7.44. The van der Waals surface area contributed by atoms with E-state index in [1.807, 2.05) is 29.2 Å². The summed E-state index contributed by atoms with van der Waals surface area (Å²) in [6.07, 6.45) is -0.159. The minimum atomic E-state index is -4.45. The van der Waals surface area contributed by atoms with E-state index >= 15 is 0 Å². The maximum atomic E-state index is 12.9. The molecule has 1 aliphatic heterocycles. The molecule has 29 heavy (non-hydrogen) atoms. The quantitative estimate of drug-likeness (QED) is 0.700. The van der Waals surface area contributed by atoms with Crippen molar-refractivity contribution >= 4 is 33.2 Å². The monoisotopic (exact) mass is 426 g/mol. The van der Waals surface area contributed by atoms with E-state index in [9.17, 15) is 22.8 Å². The first-order chi connectivity index (χ1) is 13.7. The first kappa shape index (κ1) is 21.6. The van der Waals surface area contributed by atoms with Crippen LogP contribution in [0.1, 0.15) is 47.8 Å². The Labute approximate surface area is 172 Å². The van der Waals surface area contributed by atoms with Gasteiger partial charge in [-0.3, -0.25) is 9.59 Å². The molecule has 0 bridgehead atoms. The minimum Gasteiger partial charge on any atom is -0.340 e. The fourth-order valence-electron chi connectivity index (χ4n) is 4.03. The molecule has 2 amide bonds. The van der Waals surface area contributed by atoms with E-state index in [0.29, 0.717) is 17.8 Å². The zero-order valence-corrected chi connectivity index (χ0v) is 17.4. The average Bonchev–Trinajstić information content (AvgIpc) is 2.82. The summed E-state index contributed by atoms with van der Waals surface area (Å²) in [6.45, 7) is 0.940. The Morgan fingerprint density at radius 1 is 1.21 bits per heavy atom. The first-order valence-corrected chi connectivity index (χ1v) is 10.6. The van der Waals surface area contributed by atoms with Crippen molar-refractivity contribution in [2.75, 3.05) is 20.1 Å². The van der Waals surface area contributed by atoms with Crippen LogP contribution in [0.2, 0.25) is 0 Å². The highest BCUT2D eigenvalue weighted by Gasteiger charge is 2.34. The van der Waals surface area contributed by atoms with Gasteiger partial charge in [-0.05, 0) is 36.3 Å². The Balaban J connectivity index is 1.98. The van der Waals surface area contributed by atoms with Crippen LogP contribution in [0, 0.1) is 0 Å².